The van der Waals surface area contributed by atoms with Crippen LogP contribution in [0.1, 0.15) is 29.1 Å². The van der Waals surface area contributed by atoms with E-state index in [4.69, 9.17) is 5.73 Å². The van der Waals surface area contributed by atoms with E-state index < -0.39 is 5.91 Å². The second-order valence-electron chi connectivity index (χ2n) is 4.38. The van der Waals surface area contributed by atoms with Gasteiger partial charge in [0.1, 0.15) is 5.69 Å². The van der Waals surface area contributed by atoms with Crippen molar-refractivity contribution in [3.05, 3.63) is 35.1 Å². The highest BCUT2D eigenvalue weighted by Crippen LogP contribution is 2.32. The number of carbonyl (C=O) groups excluding carboxylic acids is 1. The van der Waals surface area contributed by atoms with E-state index in [0.717, 1.165) is 18.2 Å². The van der Waals surface area contributed by atoms with Gasteiger partial charge in [0.2, 0.25) is 0 Å². The van der Waals surface area contributed by atoms with Crippen molar-refractivity contribution in [2.24, 2.45) is 5.73 Å². The van der Waals surface area contributed by atoms with E-state index in [0.29, 0.717) is 5.69 Å². The molecule has 0 saturated heterocycles. The molecule has 6 heteroatoms. The molecule has 1 atom stereocenters. The summed E-state index contributed by atoms with van der Waals surface area (Å²) in [5.74, 6) is -0.467. The number of carbonyl (C=O) groups is 1. The third-order valence-corrected chi connectivity index (χ3v) is 4.21. The molecule has 1 amide bonds. The molecular formula is C12H14N4OS. The molecule has 0 saturated carbocycles. The minimum atomic E-state index is -0.467. The number of fused-ring (bicyclic) bond motifs is 1. The van der Waals surface area contributed by atoms with E-state index in [1.165, 1.54) is 17.0 Å². The first kappa shape index (κ1) is 11.3. The van der Waals surface area contributed by atoms with Crippen LogP contribution in [0.25, 0.3) is 0 Å². The Bertz CT molecular complexity index is 588. The summed E-state index contributed by atoms with van der Waals surface area (Å²) in [6.45, 7) is 3.99. The van der Waals surface area contributed by atoms with Gasteiger partial charge in [-0.1, -0.05) is 0 Å². The van der Waals surface area contributed by atoms with Crippen LogP contribution in [0.5, 0.6) is 0 Å². The average Bonchev–Trinajstić information content (AvgIpc) is 2.97. The van der Waals surface area contributed by atoms with Crippen molar-refractivity contribution in [1.82, 2.24) is 9.55 Å². The number of aromatic nitrogens is 2. The predicted molar refractivity (Wildman–Crippen MR) is 70.8 cm³/mol. The standard InChI is InChI=1S/C12H14N4OS/c1-8-10-3-2-4-15(10)5-6-16(8)12-14-9(7-18-12)11(13)17/h2-4,7-8H,5-6H2,1H3,(H2,13,17). The van der Waals surface area contributed by atoms with Crippen LogP contribution in [0.15, 0.2) is 23.7 Å². The first-order chi connectivity index (χ1) is 8.66. The molecule has 1 unspecified atom stereocenters. The van der Waals surface area contributed by atoms with E-state index >= 15 is 0 Å². The first-order valence-corrected chi connectivity index (χ1v) is 6.72. The summed E-state index contributed by atoms with van der Waals surface area (Å²) in [5, 5.41) is 2.58. The van der Waals surface area contributed by atoms with Gasteiger partial charge in [-0.05, 0) is 19.1 Å². The summed E-state index contributed by atoms with van der Waals surface area (Å²) < 4.78 is 2.25. The Morgan fingerprint density at radius 3 is 3.11 bits per heavy atom. The quantitative estimate of drug-likeness (QED) is 0.894. The molecule has 5 nitrogen and oxygen atoms in total. The van der Waals surface area contributed by atoms with Crippen LogP contribution < -0.4 is 10.6 Å². The van der Waals surface area contributed by atoms with Crippen LogP contribution in [0.4, 0.5) is 5.13 Å². The molecule has 3 heterocycles. The zero-order chi connectivity index (χ0) is 12.7. The second-order valence-corrected chi connectivity index (χ2v) is 5.21. The molecule has 1 aliphatic rings. The lowest BCUT2D eigenvalue weighted by molar-refractivity contribution is 0.0996. The zero-order valence-corrected chi connectivity index (χ0v) is 10.9. The highest BCUT2D eigenvalue weighted by molar-refractivity contribution is 7.13. The first-order valence-electron chi connectivity index (χ1n) is 5.84. The molecule has 3 rings (SSSR count). The third kappa shape index (κ3) is 1.69. The fourth-order valence-electron chi connectivity index (χ4n) is 2.35. The van der Waals surface area contributed by atoms with Gasteiger partial charge in [0, 0.05) is 30.4 Å². The highest BCUT2D eigenvalue weighted by Gasteiger charge is 2.25. The highest BCUT2D eigenvalue weighted by atomic mass is 32.1. The summed E-state index contributed by atoms with van der Waals surface area (Å²) in [7, 11) is 0. The third-order valence-electron chi connectivity index (χ3n) is 3.33. The fraction of sp³-hybridized carbons (Fsp3) is 0.333. The lowest BCUT2D eigenvalue weighted by Crippen LogP contribution is -2.36. The van der Waals surface area contributed by atoms with Gasteiger partial charge in [-0.15, -0.1) is 11.3 Å². The summed E-state index contributed by atoms with van der Waals surface area (Å²) in [5.41, 5.74) is 6.86. The van der Waals surface area contributed by atoms with Gasteiger partial charge in [0.25, 0.3) is 5.91 Å². The predicted octanol–water partition coefficient (Wildman–Crippen LogP) is 1.62. The second kappa shape index (κ2) is 4.13. The molecule has 2 N–H and O–H groups in total. The van der Waals surface area contributed by atoms with E-state index in [2.05, 4.69) is 39.7 Å². The van der Waals surface area contributed by atoms with Crippen LogP contribution >= 0.6 is 11.3 Å². The van der Waals surface area contributed by atoms with Crippen molar-refractivity contribution < 1.29 is 4.79 Å². The summed E-state index contributed by atoms with van der Waals surface area (Å²) in [6, 6.07) is 4.45. The SMILES string of the molecule is CC1c2cccn2CCN1c1nc(C(N)=O)cs1. The summed E-state index contributed by atoms with van der Waals surface area (Å²) in [6.07, 6.45) is 2.10. The lowest BCUT2D eigenvalue weighted by Gasteiger charge is -2.34. The number of hydrogen-bond acceptors (Lipinski definition) is 4. The van der Waals surface area contributed by atoms with Crippen LogP contribution in [0, 0.1) is 0 Å². The van der Waals surface area contributed by atoms with Gasteiger partial charge in [-0.2, -0.15) is 0 Å². The number of nitrogens with zero attached hydrogens (tertiary/aromatic N) is 3. The average molecular weight is 262 g/mol. The Kier molecular flexibility index (Phi) is 2.59. The Hall–Kier alpha value is -1.82. The normalized spacial score (nSPS) is 18.7. The number of rotatable bonds is 2. The van der Waals surface area contributed by atoms with Gasteiger partial charge < -0.3 is 15.2 Å². The molecular weight excluding hydrogens is 248 g/mol. The van der Waals surface area contributed by atoms with Crippen molar-refractivity contribution in [1.29, 1.82) is 0 Å². The molecule has 0 aromatic carbocycles. The largest absolute Gasteiger partial charge is 0.364 e. The number of amides is 1. The maximum atomic E-state index is 11.1. The number of anilines is 1. The topological polar surface area (TPSA) is 64.2 Å². The van der Waals surface area contributed by atoms with Crippen LogP contribution in [-0.4, -0.2) is 22.0 Å². The van der Waals surface area contributed by atoms with Crippen molar-refractivity contribution in [3.63, 3.8) is 0 Å². The van der Waals surface area contributed by atoms with E-state index in [1.807, 2.05) is 0 Å². The molecule has 0 fully saturated rings. The molecule has 2 aromatic rings. The van der Waals surface area contributed by atoms with E-state index in [9.17, 15) is 4.79 Å². The van der Waals surface area contributed by atoms with Crippen molar-refractivity contribution in [2.45, 2.75) is 19.5 Å². The van der Waals surface area contributed by atoms with Gasteiger partial charge in [0.15, 0.2) is 5.13 Å². The van der Waals surface area contributed by atoms with E-state index in [1.54, 1.807) is 5.38 Å². The number of primary amides is 1. The fourth-order valence-corrected chi connectivity index (χ4v) is 3.27. The molecule has 1 aliphatic heterocycles. The van der Waals surface area contributed by atoms with Crippen molar-refractivity contribution in [2.75, 3.05) is 11.4 Å². The van der Waals surface area contributed by atoms with Crippen LogP contribution in [-0.2, 0) is 6.54 Å². The zero-order valence-electron chi connectivity index (χ0n) is 10.0. The van der Waals surface area contributed by atoms with Gasteiger partial charge >= 0.3 is 0 Å². The van der Waals surface area contributed by atoms with Crippen molar-refractivity contribution in [3.8, 4) is 0 Å². The molecule has 0 radical (unpaired) electrons. The van der Waals surface area contributed by atoms with E-state index in [-0.39, 0.29) is 6.04 Å². The van der Waals surface area contributed by atoms with Gasteiger partial charge in [0.05, 0.1) is 6.04 Å². The number of thiazole rings is 1. The van der Waals surface area contributed by atoms with Crippen LogP contribution in [0.3, 0.4) is 0 Å². The number of hydrogen-bond donors (Lipinski definition) is 1. The Morgan fingerprint density at radius 1 is 1.56 bits per heavy atom. The van der Waals surface area contributed by atoms with Crippen LogP contribution in [0.2, 0.25) is 0 Å². The Morgan fingerprint density at radius 2 is 2.39 bits per heavy atom. The molecule has 0 aliphatic carbocycles. The van der Waals surface area contributed by atoms with Gasteiger partial charge in [-0.25, -0.2) is 4.98 Å². The molecule has 2 aromatic heterocycles. The summed E-state index contributed by atoms with van der Waals surface area (Å²) >= 11 is 1.47. The van der Waals surface area contributed by atoms with Gasteiger partial charge in [-0.3, -0.25) is 4.79 Å². The number of nitrogens with two attached hydrogens (primary N) is 1. The minimum Gasteiger partial charge on any atom is -0.364 e. The monoisotopic (exact) mass is 262 g/mol. The minimum absolute atomic E-state index is 0.264. The smallest absolute Gasteiger partial charge is 0.268 e. The van der Waals surface area contributed by atoms with Crippen molar-refractivity contribution >= 4 is 22.4 Å². The Balaban J connectivity index is 1.91. The lowest BCUT2D eigenvalue weighted by atomic mass is 10.2. The summed E-state index contributed by atoms with van der Waals surface area (Å²) in [4.78, 5) is 17.6. The molecule has 0 spiro atoms. The maximum Gasteiger partial charge on any atom is 0.268 e. The molecule has 94 valence electrons. The Labute approximate surface area is 109 Å². The molecule has 0 bridgehead atoms. The maximum absolute atomic E-state index is 11.1. The molecule has 18 heavy (non-hydrogen) atoms.